The number of nitrogens with zero attached hydrogens (tertiary/aromatic N) is 2. The number of carbonyl (C=O) groups excluding carboxylic acids is 1. The molecule has 1 aromatic carbocycles. The number of fused-ring (bicyclic) bond motifs is 2. The predicted molar refractivity (Wildman–Crippen MR) is 86.7 cm³/mol. The predicted octanol–water partition coefficient (Wildman–Crippen LogP) is 1.67. The van der Waals surface area contributed by atoms with Gasteiger partial charge in [-0.25, -0.2) is 14.8 Å². The smallest absolute Gasteiger partial charge is 0.374 e. The number of rotatable bonds is 4. The van der Waals surface area contributed by atoms with Crippen molar-refractivity contribution in [2.45, 2.75) is 6.92 Å². The number of methoxy groups -OCH3 is 2. The van der Waals surface area contributed by atoms with Crippen LogP contribution in [-0.2, 0) is 4.74 Å². The Labute approximate surface area is 136 Å². The topological polar surface area (TPSA) is 103 Å². The molecule has 0 aliphatic rings. The molecule has 3 rings (SSSR count). The van der Waals surface area contributed by atoms with E-state index in [0.29, 0.717) is 22.4 Å². The zero-order valence-electron chi connectivity index (χ0n) is 13.4. The highest BCUT2D eigenvalue weighted by Gasteiger charge is 2.15. The molecule has 1 N–H and O–H groups in total. The zero-order valence-corrected chi connectivity index (χ0v) is 13.4. The number of carbonyl (C=O) groups is 1. The number of ether oxygens (including phenoxy) is 3. The van der Waals surface area contributed by atoms with E-state index in [2.05, 4.69) is 15.0 Å². The second-order valence-electron chi connectivity index (χ2n) is 4.89. The minimum atomic E-state index is -0.703. The van der Waals surface area contributed by atoms with Gasteiger partial charge in [0.15, 0.2) is 17.1 Å². The van der Waals surface area contributed by atoms with Crippen molar-refractivity contribution < 1.29 is 19.0 Å². The van der Waals surface area contributed by atoms with Crippen LogP contribution in [0.25, 0.3) is 21.9 Å². The Morgan fingerprint density at radius 3 is 2.50 bits per heavy atom. The van der Waals surface area contributed by atoms with Gasteiger partial charge in [0.2, 0.25) is 5.82 Å². The highest BCUT2D eigenvalue weighted by atomic mass is 16.5. The Balaban J connectivity index is 2.26. The zero-order chi connectivity index (χ0) is 17.3. The largest absolute Gasteiger partial charge is 0.493 e. The van der Waals surface area contributed by atoms with E-state index in [1.807, 2.05) is 0 Å². The summed E-state index contributed by atoms with van der Waals surface area (Å²) < 4.78 is 15.3. The van der Waals surface area contributed by atoms with Crippen LogP contribution in [0.5, 0.6) is 11.5 Å². The van der Waals surface area contributed by atoms with Crippen LogP contribution >= 0.6 is 0 Å². The average Bonchev–Trinajstić information content (AvgIpc) is 2.59. The van der Waals surface area contributed by atoms with Crippen LogP contribution in [0, 0.1) is 0 Å². The van der Waals surface area contributed by atoms with Gasteiger partial charge in [-0.2, -0.15) is 0 Å². The van der Waals surface area contributed by atoms with Gasteiger partial charge in [0.05, 0.1) is 31.7 Å². The summed E-state index contributed by atoms with van der Waals surface area (Å²) in [6.07, 6.45) is 0. The molecule has 0 spiro atoms. The molecule has 8 nitrogen and oxygen atoms in total. The summed E-state index contributed by atoms with van der Waals surface area (Å²) in [6.45, 7) is 1.85. The molecule has 0 aliphatic heterocycles. The monoisotopic (exact) mass is 329 g/mol. The molecular formula is C16H15N3O5. The molecule has 124 valence electrons. The molecule has 0 amide bonds. The third kappa shape index (κ3) is 2.62. The third-order valence-corrected chi connectivity index (χ3v) is 3.46. The van der Waals surface area contributed by atoms with Crippen molar-refractivity contribution in [3.63, 3.8) is 0 Å². The lowest BCUT2D eigenvalue weighted by Gasteiger charge is -2.09. The van der Waals surface area contributed by atoms with Crippen LogP contribution in [0.1, 0.15) is 17.5 Å². The molecule has 0 bridgehead atoms. The molecule has 0 unspecified atom stereocenters. The molecule has 0 fully saturated rings. The van der Waals surface area contributed by atoms with Gasteiger partial charge in [-0.05, 0) is 19.1 Å². The molecule has 0 saturated heterocycles. The van der Waals surface area contributed by atoms with E-state index in [9.17, 15) is 9.59 Å². The van der Waals surface area contributed by atoms with Gasteiger partial charge in [-0.15, -0.1) is 0 Å². The first-order chi connectivity index (χ1) is 11.6. The van der Waals surface area contributed by atoms with Crippen molar-refractivity contribution in [2.75, 3.05) is 20.8 Å². The molecule has 24 heavy (non-hydrogen) atoms. The maximum absolute atomic E-state index is 12.2. The summed E-state index contributed by atoms with van der Waals surface area (Å²) >= 11 is 0. The number of benzene rings is 1. The van der Waals surface area contributed by atoms with Crippen molar-refractivity contribution in [1.29, 1.82) is 0 Å². The minimum Gasteiger partial charge on any atom is -0.493 e. The Kier molecular flexibility index (Phi) is 4.03. The highest BCUT2D eigenvalue weighted by Crippen LogP contribution is 2.32. The number of pyridine rings is 1. The molecule has 2 heterocycles. The lowest BCUT2D eigenvalue weighted by Crippen LogP contribution is -2.18. The van der Waals surface area contributed by atoms with Crippen molar-refractivity contribution in [1.82, 2.24) is 15.0 Å². The summed E-state index contributed by atoms with van der Waals surface area (Å²) in [5, 5.41) is 0.958. The quantitative estimate of drug-likeness (QED) is 0.573. The van der Waals surface area contributed by atoms with Gasteiger partial charge in [0.1, 0.15) is 0 Å². The van der Waals surface area contributed by atoms with E-state index < -0.39 is 11.5 Å². The van der Waals surface area contributed by atoms with Gasteiger partial charge in [0, 0.05) is 11.5 Å². The summed E-state index contributed by atoms with van der Waals surface area (Å²) in [5.41, 5.74) is 0.252. The Morgan fingerprint density at radius 1 is 1.12 bits per heavy atom. The fourth-order valence-electron chi connectivity index (χ4n) is 2.35. The summed E-state index contributed by atoms with van der Waals surface area (Å²) in [5.74, 6) is 0.151. The molecule has 3 aromatic rings. The number of hydrogen-bond acceptors (Lipinski definition) is 7. The number of nitrogens with one attached hydrogen (secondary N) is 1. The summed E-state index contributed by atoms with van der Waals surface area (Å²) in [7, 11) is 3.05. The van der Waals surface area contributed by atoms with Gasteiger partial charge in [0.25, 0.3) is 5.56 Å². The number of aromatic nitrogens is 3. The SMILES string of the molecule is CCOC(=O)c1nc2nc3cc(OC)c(OC)cc3cc2c(=O)[nH]1. The van der Waals surface area contributed by atoms with E-state index in [1.165, 1.54) is 14.2 Å². The van der Waals surface area contributed by atoms with E-state index in [-0.39, 0.29) is 23.5 Å². The van der Waals surface area contributed by atoms with Crippen LogP contribution in [0.2, 0.25) is 0 Å². The van der Waals surface area contributed by atoms with Gasteiger partial charge < -0.3 is 19.2 Å². The van der Waals surface area contributed by atoms with Crippen molar-refractivity contribution in [3.05, 3.63) is 34.4 Å². The highest BCUT2D eigenvalue weighted by molar-refractivity contribution is 5.94. The van der Waals surface area contributed by atoms with E-state index >= 15 is 0 Å². The first-order valence-electron chi connectivity index (χ1n) is 7.21. The van der Waals surface area contributed by atoms with Gasteiger partial charge >= 0.3 is 5.97 Å². The van der Waals surface area contributed by atoms with Crippen LogP contribution in [-0.4, -0.2) is 41.7 Å². The molecule has 2 aromatic heterocycles. The van der Waals surface area contributed by atoms with Crippen molar-refractivity contribution >= 4 is 27.9 Å². The molecule has 0 radical (unpaired) electrons. The van der Waals surface area contributed by atoms with E-state index in [0.717, 1.165) is 0 Å². The van der Waals surface area contributed by atoms with Crippen molar-refractivity contribution in [3.8, 4) is 11.5 Å². The lowest BCUT2D eigenvalue weighted by molar-refractivity contribution is 0.0512. The van der Waals surface area contributed by atoms with E-state index in [4.69, 9.17) is 14.2 Å². The first kappa shape index (κ1) is 15.7. The first-order valence-corrected chi connectivity index (χ1v) is 7.21. The van der Waals surface area contributed by atoms with Crippen LogP contribution < -0.4 is 15.0 Å². The molecule has 0 saturated carbocycles. The maximum Gasteiger partial charge on any atom is 0.374 e. The van der Waals surface area contributed by atoms with Crippen molar-refractivity contribution in [2.24, 2.45) is 0 Å². The van der Waals surface area contributed by atoms with E-state index in [1.54, 1.807) is 25.1 Å². The fourth-order valence-corrected chi connectivity index (χ4v) is 2.35. The molecule has 8 heteroatoms. The molecular weight excluding hydrogens is 314 g/mol. The normalized spacial score (nSPS) is 10.8. The summed E-state index contributed by atoms with van der Waals surface area (Å²) in [4.78, 5) is 34.9. The Hall–Kier alpha value is -3.16. The number of aromatic amines is 1. The number of H-pyrrole nitrogens is 1. The van der Waals surface area contributed by atoms with Crippen LogP contribution in [0.3, 0.4) is 0 Å². The Morgan fingerprint density at radius 2 is 1.83 bits per heavy atom. The number of hydrogen-bond donors (Lipinski definition) is 1. The second-order valence-corrected chi connectivity index (χ2v) is 4.89. The van der Waals surface area contributed by atoms with Crippen LogP contribution in [0.4, 0.5) is 0 Å². The average molecular weight is 329 g/mol. The minimum absolute atomic E-state index is 0.154. The second kappa shape index (κ2) is 6.15. The summed E-state index contributed by atoms with van der Waals surface area (Å²) in [6, 6.07) is 5.04. The number of esters is 1. The molecule has 0 aliphatic carbocycles. The standard InChI is InChI=1S/C16H15N3O5/c1-4-24-16(21)14-18-13-9(15(20)19-14)5-8-6-11(22-2)12(23-3)7-10(8)17-13/h5-7H,4H2,1-3H3,(H,17,18,19,20). The molecule has 0 atom stereocenters. The Bertz CT molecular complexity index is 996. The maximum atomic E-state index is 12.2. The third-order valence-electron chi connectivity index (χ3n) is 3.46. The van der Waals surface area contributed by atoms with Gasteiger partial charge in [-0.3, -0.25) is 4.79 Å². The van der Waals surface area contributed by atoms with Gasteiger partial charge in [-0.1, -0.05) is 0 Å². The van der Waals surface area contributed by atoms with Crippen LogP contribution in [0.15, 0.2) is 23.0 Å². The lowest BCUT2D eigenvalue weighted by atomic mass is 10.1. The fraction of sp³-hybridized carbons (Fsp3) is 0.250.